The molecule has 1 unspecified atom stereocenters. The number of aliphatic hydroxyl groups is 1. The molecular formula is C36H43N9O10. The van der Waals surface area contributed by atoms with Crippen molar-refractivity contribution in [3.05, 3.63) is 105 Å². The molecule has 0 aliphatic carbocycles. The Hall–Kier alpha value is -6.31. The summed E-state index contributed by atoms with van der Waals surface area (Å²) in [6.45, 7) is 0.931. The third-order valence-corrected chi connectivity index (χ3v) is 9.41. The van der Waals surface area contributed by atoms with Crippen LogP contribution in [0.1, 0.15) is 36.7 Å². The number of amides is 5. The Morgan fingerprint density at radius 2 is 1.71 bits per heavy atom. The molecule has 10 N–H and O–H groups in total. The number of aromatic amines is 2. The first kappa shape index (κ1) is 39.9. The monoisotopic (exact) mass is 761 g/mol. The Morgan fingerprint density at radius 1 is 1.00 bits per heavy atom. The number of aliphatic carboxylic acids is 1. The van der Waals surface area contributed by atoms with Crippen LogP contribution in [0.25, 0.3) is 10.9 Å². The lowest BCUT2D eigenvalue weighted by atomic mass is 10.0. The van der Waals surface area contributed by atoms with Crippen LogP contribution in [0.5, 0.6) is 0 Å². The average Bonchev–Trinajstić information content (AvgIpc) is 3.76. The number of carboxylic acid groups (broad SMARTS) is 1. The van der Waals surface area contributed by atoms with Gasteiger partial charge in [-0.1, -0.05) is 48.5 Å². The summed E-state index contributed by atoms with van der Waals surface area (Å²) in [6, 6.07) is 10.2. The first-order valence-electron chi connectivity index (χ1n) is 17.4. The van der Waals surface area contributed by atoms with E-state index in [2.05, 4.69) is 31.2 Å². The van der Waals surface area contributed by atoms with Gasteiger partial charge in [-0.15, -0.1) is 0 Å². The predicted octanol–water partition coefficient (Wildman–Crippen LogP) is -1.19. The topological polar surface area (TPSA) is 283 Å². The predicted molar refractivity (Wildman–Crippen MR) is 196 cm³/mol. The van der Waals surface area contributed by atoms with Crippen molar-refractivity contribution in [1.29, 1.82) is 0 Å². The molecule has 1 aliphatic rings. The Labute approximate surface area is 313 Å². The molecule has 19 nitrogen and oxygen atoms in total. The lowest BCUT2D eigenvalue weighted by Crippen LogP contribution is -2.60. The van der Waals surface area contributed by atoms with Gasteiger partial charge >= 0.3 is 17.7 Å². The minimum atomic E-state index is -1.44. The second-order valence-electron chi connectivity index (χ2n) is 13.1. The van der Waals surface area contributed by atoms with E-state index in [1.165, 1.54) is 25.1 Å². The van der Waals surface area contributed by atoms with Crippen molar-refractivity contribution in [2.45, 2.75) is 62.4 Å². The fraction of sp³-hybridized carbons (Fsp3) is 0.361. The van der Waals surface area contributed by atoms with E-state index in [4.69, 9.17) is 10.5 Å². The number of hydrogen-bond acceptors (Lipinski definition) is 10. The fourth-order valence-electron chi connectivity index (χ4n) is 6.30. The maximum absolute atomic E-state index is 14.0. The van der Waals surface area contributed by atoms with Crippen molar-refractivity contribution in [2.24, 2.45) is 5.73 Å². The van der Waals surface area contributed by atoms with Gasteiger partial charge in [-0.25, -0.2) is 14.4 Å². The number of ether oxygens (including phenoxy) is 1. The van der Waals surface area contributed by atoms with Gasteiger partial charge in [0.05, 0.1) is 18.7 Å². The van der Waals surface area contributed by atoms with Crippen molar-refractivity contribution in [1.82, 2.24) is 40.7 Å². The van der Waals surface area contributed by atoms with E-state index in [0.29, 0.717) is 11.1 Å². The number of urea groups is 1. The van der Waals surface area contributed by atoms with E-state index in [0.717, 1.165) is 21.5 Å². The van der Waals surface area contributed by atoms with Crippen molar-refractivity contribution >= 4 is 40.6 Å². The number of aromatic nitrogens is 3. The number of benzene rings is 2. The molecule has 3 heterocycles. The van der Waals surface area contributed by atoms with Crippen LogP contribution >= 0.6 is 0 Å². The summed E-state index contributed by atoms with van der Waals surface area (Å²) in [4.78, 5) is 96.1. The molecule has 0 saturated carbocycles. The number of carbonyl (C=O) groups is 5. The SMILES string of the molecule is C[C@@H]([C@H](NC(=O)C(NC(=O)N[C@@H](Cc1c[nH]c2ccccc12)C(=O)O)c1ccccc1)C(=O)NC[C@H]1C[C@@H](O)[C@H](n2ccc(=O)[nH]c2=O)O1)N(C)C(=O)CN. The number of fused-ring (bicyclic) bond motifs is 1. The van der Waals surface area contributed by atoms with E-state index in [-0.39, 0.29) is 25.9 Å². The number of nitrogens with two attached hydrogens (primary N) is 1. The highest BCUT2D eigenvalue weighted by atomic mass is 16.5. The standard InChI is InChI=1S/C36H43N9O10/c1-19(44(2)28(48)16-37)29(31(49)39-18-22-15-26(46)33(55-22)45-13-12-27(47)41-36(45)54)42-32(50)30(20-8-4-3-5-9-20)43-35(53)40-25(34(51)52)14-21-17-38-24-11-7-6-10-23(21)24/h3-13,17,19,22,25-26,29-30,33,38,46H,14-16,18,37H2,1-2H3,(H,39,49)(H,42,50)(H,51,52)(H2,40,43,53)(H,41,47,54)/t19-,22+,25-,26+,29-,30?,33+/m0/s1. The van der Waals surface area contributed by atoms with Gasteiger partial charge in [-0.2, -0.15) is 0 Å². The van der Waals surface area contributed by atoms with Gasteiger partial charge in [0.1, 0.15) is 24.2 Å². The summed E-state index contributed by atoms with van der Waals surface area (Å²) in [7, 11) is 1.40. The number of likely N-dealkylation sites (N-methyl/N-ethyl adjacent to an activating group) is 1. The third kappa shape index (κ3) is 9.63. The molecule has 0 spiro atoms. The van der Waals surface area contributed by atoms with Gasteiger partial charge in [0.15, 0.2) is 6.23 Å². The van der Waals surface area contributed by atoms with Gasteiger partial charge in [0.25, 0.3) is 5.56 Å². The highest BCUT2D eigenvalue weighted by molar-refractivity contribution is 5.94. The number of nitrogens with zero attached hydrogens (tertiary/aromatic N) is 2. The number of nitrogens with one attached hydrogen (secondary N) is 6. The summed E-state index contributed by atoms with van der Waals surface area (Å²) >= 11 is 0. The van der Waals surface area contributed by atoms with Crippen LogP contribution in [0.4, 0.5) is 4.79 Å². The Bertz CT molecular complexity index is 2130. The minimum Gasteiger partial charge on any atom is -0.480 e. The van der Waals surface area contributed by atoms with Crippen LogP contribution in [0.15, 0.2) is 82.6 Å². The zero-order valence-corrected chi connectivity index (χ0v) is 29.9. The largest absolute Gasteiger partial charge is 0.480 e. The maximum Gasteiger partial charge on any atom is 0.330 e. The van der Waals surface area contributed by atoms with E-state index in [9.17, 15) is 43.8 Å². The van der Waals surface area contributed by atoms with E-state index in [1.807, 2.05) is 18.2 Å². The highest BCUT2D eigenvalue weighted by Gasteiger charge is 2.38. The van der Waals surface area contributed by atoms with Crippen molar-refractivity contribution < 1.29 is 38.9 Å². The molecule has 4 aromatic rings. The molecule has 55 heavy (non-hydrogen) atoms. The zero-order valence-electron chi connectivity index (χ0n) is 29.9. The zero-order chi connectivity index (χ0) is 39.8. The fourth-order valence-corrected chi connectivity index (χ4v) is 6.30. The van der Waals surface area contributed by atoms with Crippen LogP contribution in [0.3, 0.4) is 0 Å². The van der Waals surface area contributed by atoms with Gasteiger partial charge in [0, 0.05) is 55.8 Å². The number of hydrogen-bond donors (Lipinski definition) is 9. The summed E-state index contributed by atoms with van der Waals surface area (Å²) in [5, 5.41) is 31.6. The highest BCUT2D eigenvalue weighted by Crippen LogP contribution is 2.27. The van der Waals surface area contributed by atoms with Crippen molar-refractivity contribution in [2.75, 3.05) is 20.1 Å². The lowest BCUT2D eigenvalue weighted by molar-refractivity contribution is -0.139. The molecule has 1 aliphatic heterocycles. The number of para-hydroxylation sites is 1. The normalized spacial score (nSPS) is 18.7. The van der Waals surface area contributed by atoms with Gasteiger partial charge in [-0.3, -0.25) is 28.7 Å². The van der Waals surface area contributed by atoms with Crippen LogP contribution in [-0.4, -0.2) is 110 Å². The summed E-state index contributed by atoms with van der Waals surface area (Å²) < 4.78 is 6.82. The van der Waals surface area contributed by atoms with Crippen LogP contribution in [-0.2, 0) is 30.3 Å². The molecular weight excluding hydrogens is 718 g/mol. The molecule has 1 saturated heterocycles. The Morgan fingerprint density at radius 3 is 2.40 bits per heavy atom. The number of carbonyl (C=O) groups excluding carboxylic acids is 4. The minimum absolute atomic E-state index is 0.00140. The van der Waals surface area contributed by atoms with Gasteiger partial charge < -0.3 is 51.8 Å². The molecule has 5 rings (SSSR count). The molecule has 2 aromatic carbocycles. The van der Waals surface area contributed by atoms with Crippen molar-refractivity contribution in [3.63, 3.8) is 0 Å². The molecule has 1 fully saturated rings. The molecule has 0 bridgehead atoms. The van der Waals surface area contributed by atoms with Gasteiger partial charge in [0.2, 0.25) is 17.7 Å². The second kappa shape index (κ2) is 17.7. The molecule has 0 radical (unpaired) electrons. The van der Waals surface area contributed by atoms with E-state index in [1.54, 1.807) is 42.6 Å². The Kier molecular flexibility index (Phi) is 12.8. The molecule has 19 heteroatoms. The molecule has 5 amide bonds. The third-order valence-electron chi connectivity index (χ3n) is 9.41. The Balaban J connectivity index is 1.31. The molecule has 7 atom stereocenters. The van der Waals surface area contributed by atoms with E-state index >= 15 is 0 Å². The number of carboxylic acids is 1. The lowest BCUT2D eigenvalue weighted by Gasteiger charge is -2.33. The smallest absolute Gasteiger partial charge is 0.330 e. The van der Waals surface area contributed by atoms with Crippen LogP contribution in [0.2, 0.25) is 0 Å². The average molecular weight is 762 g/mol. The molecule has 2 aromatic heterocycles. The van der Waals surface area contributed by atoms with Crippen molar-refractivity contribution in [3.8, 4) is 0 Å². The summed E-state index contributed by atoms with van der Waals surface area (Å²) in [5.41, 5.74) is 5.88. The van der Waals surface area contributed by atoms with Gasteiger partial charge in [-0.05, 0) is 24.1 Å². The van der Waals surface area contributed by atoms with Crippen LogP contribution < -0.4 is 38.2 Å². The maximum atomic E-state index is 14.0. The molecule has 292 valence electrons. The second-order valence-corrected chi connectivity index (χ2v) is 13.1. The number of rotatable bonds is 15. The van der Waals surface area contributed by atoms with Crippen LogP contribution in [0, 0.1) is 0 Å². The summed E-state index contributed by atoms with van der Waals surface area (Å²) in [6.07, 6.45) is -0.349. The first-order valence-corrected chi connectivity index (χ1v) is 17.4. The number of H-pyrrole nitrogens is 2. The van der Waals surface area contributed by atoms with E-state index < -0.39 is 83.6 Å². The quantitative estimate of drug-likeness (QED) is 0.0694. The summed E-state index contributed by atoms with van der Waals surface area (Å²) in [5.74, 6) is -3.48. The number of aliphatic hydroxyl groups excluding tert-OH is 1. The first-order chi connectivity index (χ1) is 26.3.